The number of hydrogen-bond acceptors (Lipinski definition) is 2. The SMILES string of the molecule is CSC1(Cn2c(CCCl)nc3cc(F)c(Cl)cc32)CC1. The minimum Gasteiger partial charge on any atom is -0.326 e. The summed E-state index contributed by atoms with van der Waals surface area (Å²) in [7, 11) is 0. The Kier molecular flexibility index (Phi) is 3.91. The predicted octanol–water partition coefficient (Wildman–Crippen LogP) is 4.51. The minimum absolute atomic E-state index is 0.144. The Labute approximate surface area is 131 Å². The molecule has 1 aromatic heterocycles. The lowest BCUT2D eigenvalue weighted by atomic mass is 10.3. The molecule has 0 N–H and O–H groups in total. The zero-order valence-corrected chi connectivity index (χ0v) is 13.5. The van der Waals surface area contributed by atoms with Crippen molar-refractivity contribution >= 4 is 46.0 Å². The highest BCUT2D eigenvalue weighted by Gasteiger charge is 2.42. The maximum atomic E-state index is 13.6. The second-order valence-electron chi connectivity index (χ2n) is 5.20. The quantitative estimate of drug-likeness (QED) is 0.750. The van der Waals surface area contributed by atoms with Crippen molar-refractivity contribution in [1.82, 2.24) is 9.55 Å². The van der Waals surface area contributed by atoms with Crippen molar-refractivity contribution in [2.75, 3.05) is 12.1 Å². The van der Waals surface area contributed by atoms with Gasteiger partial charge in [-0.15, -0.1) is 11.6 Å². The van der Waals surface area contributed by atoms with Crippen LogP contribution in [0, 0.1) is 5.82 Å². The molecule has 6 heteroatoms. The van der Waals surface area contributed by atoms with Gasteiger partial charge in [0.05, 0.1) is 16.1 Å². The van der Waals surface area contributed by atoms with E-state index in [-0.39, 0.29) is 5.02 Å². The van der Waals surface area contributed by atoms with Crippen molar-refractivity contribution in [1.29, 1.82) is 0 Å². The van der Waals surface area contributed by atoms with E-state index in [1.54, 1.807) is 6.07 Å². The number of halogens is 3. The van der Waals surface area contributed by atoms with Crippen LogP contribution in [0.2, 0.25) is 5.02 Å². The summed E-state index contributed by atoms with van der Waals surface area (Å²) >= 11 is 13.7. The molecule has 0 amide bonds. The van der Waals surface area contributed by atoms with Crippen molar-refractivity contribution in [3.8, 4) is 0 Å². The Hall–Kier alpha value is -0.450. The molecule has 2 aromatic rings. The van der Waals surface area contributed by atoms with Gasteiger partial charge in [0.25, 0.3) is 0 Å². The lowest BCUT2D eigenvalue weighted by molar-refractivity contribution is 0.629. The van der Waals surface area contributed by atoms with Gasteiger partial charge in [-0.25, -0.2) is 9.37 Å². The molecule has 1 saturated carbocycles. The summed E-state index contributed by atoms with van der Waals surface area (Å²) in [5.74, 6) is 0.996. The molecule has 2 nitrogen and oxygen atoms in total. The normalized spacial score (nSPS) is 16.8. The van der Waals surface area contributed by atoms with Gasteiger partial charge in [-0.3, -0.25) is 0 Å². The van der Waals surface area contributed by atoms with E-state index < -0.39 is 5.82 Å². The average molecular weight is 333 g/mol. The van der Waals surface area contributed by atoms with Crippen LogP contribution in [0.4, 0.5) is 4.39 Å². The zero-order valence-electron chi connectivity index (χ0n) is 11.1. The Morgan fingerprint density at radius 2 is 2.20 bits per heavy atom. The van der Waals surface area contributed by atoms with Crippen LogP contribution >= 0.6 is 35.0 Å². The van der Waals surface area contributed by atoms with Crippen molar-refractivity contribution in [2.24, 2.45) is 0 Å². The number of nitrogens with zero attached hydrogens (tertiary/aromatic N) is 2. The van der Waals surface area contributed by atoms with Crippen LogP contribution in [-0.2, 0) is 13.0 Å². The van der Waals surface area contributed by atoms with Gasteiger partial charge in [0, 0.05) is 29.7 Å². The summed E-state index contributed by atoms with van der Waals surface area (Å²) in [4.78, 5) is 4.52. The van der Waals surface area contributed by atoms with Crippen molar-refractivity contribution in [3.63, 3.8) is 0 Å². The summed E-state index contributed by atoms with van der Waals surface area (Å²) in [6.07, 6.45) is 5.24. The fraction of sp³-hybridized carbons (Fsp3) is 0.500. The summed E-state index contributed by atoms with van der Waals surface area (Å²) in [6.45, 7) is 0.888. The van der Waals surface area contributed by atoms with E-state index in [1.807, 2.05) is 11.8 Å². The summed E-state index contributed by atoms with van der Waals surface area (Å²) in [6, 6.07) is 3.08. The highest BCUT2D eigenvalue weighted by molar-refractivity contribution is 8.00. The monoisotopic (exact) mass is 332 g/mol. The summed E-state index contributed by atoms with van der Waals surface area (Å²) in [5.41, 5.74) is 1.56. The Morgan fingerprint density at radius 3 is 2.80 bits per heavy atom. The molecule has 3 rings (SSSR count). The third-order valence-electron chi connectivity index (χ3n) is 3.87. The molecule has 108 valence electrons. The Morgan fingerprint density at radius 1 is 1.45 bits per heavy atom. The number of imidazole rings is 1. The molecule has 0 unspecified atom stereocenters. The van der Waals surface area contributed by atoms with Crippen LogP contribution in [0.3, 0.4) is 0 Å². The molecule has 20 heavy (non-hydrogen) atoms. The van der Waals surface area contributed by atoms with E-state index in [9.17, 15) is 4.39 Å². The first kappa shape index (κ1) is 14.5. The first-order chi connectivity index (χ1) is 9.58. The molecule has 0 saturated heterocycles. The van der Waals surface area contributed by atoms with Crippen LogP contribution in [0.15, 0.2) is 12.1 Å². The van der Waals surface area contributed by atoms with E-state index in [1.165, 1.54) is 18.9 Å². The van der Waals surface area contributed by atoms with Crippen LogP contribution in [0.25, 0.3) is 11.0 Å². The lowest BCUT2D eigenvalue weighted by Gasteiger charge is -2.16. The smallest absolute Gasteiger partial charge is 0.144 e. The number of rotatable bonds is 5. The van der Waals surface area contributed by atoms with Gasteiger partial charge in [-0.1, -0.05) is 11.6 Å². The highest BCUT2D eigenvalue weighted by atomic mass is 35.5. The van der Waals surface area contributed by atoms with Gasteiger partial charge in [0.1, 0.15) is 11.6 Å². The number of benzene rings is 1. The fourth-order valence-electron chi connectivity index (χ4n) is 2.48. The Bertz CT molecular complexity index is 652. The molecule has 0 spiro atoms. The van der Waals surface area contributed by atoms with Crippen LogP contribution in [-0.4, -0.2) is 26.4 Å². The number of alkyl halides is 1. The largest absolute Gasteiger partial charge is 0.326 e. The standard InChI is InChI=1S/C14H15Cl2FN2S/c1-20-14(3-4-14)8-19-12-6-9(16)10(17)7-11(12)18-13(19)2-5-15/h6-7H,2-5,8H2,1H3. The van der Waals surface area contributed by atoms with Crippen molar-refractivity contribution < 1.29 is 4.39 Å². The summed E-state index contributed by atoms with van der Waals surface area (Å²) < 4.78 is 16.0. The van der Waals surface area contributed by atoms with Crippen molar-refractivity contribution in [2.45, 2.75) is 30.6 Å². The number of thioether (sulfide) groups is 1. The first-order valence-electron chi connectivity index (χ1n) is 6.54. The van der Waals surface area contributed by atoms with Gasteiger partial charge in [0.2, 0.25) is 0 Å². The van der Waals surface area contributed by atoms with Crippen LogP contribution in [0.1, 0.15) is 18.7 Å². The van der Waals surface area contributed by atoms with Crippen molar-refractivity contribution in [3.05, 3.63) is 28.8 Å². The molecular formula is C14H15Cl2FN2S. The predicted molar refractivity (Wildman–Crippen MR) is 84.6 cm³/mol. The molecular weight excluding hydrogens is 318 g/mol. The number of hydrogen-bond donors (Lipinski definition) is 0. The first-order valence-corrected chi connectivity index (χ1v) is 8.67. The second kappa shape index (κ2) is 5.39. The van der Waals surface area contributed by atoms with E-state index in [2.05, 4.69) is 15.8 Å². The fourth-order valence-corrected chi connectivity index (χ4v) is 3.57. The Balaban J connectivity index is 2.10. The average Bonchev–Trinajstić information content (AvgIpc) is 3.13. The van der Waals surface area contributed by atoms with E-state index in [0.717, 1.165) is 17.9 Å². The third-order valence-corrected chi connectivity index (χ3v) is 5.76. The molecule has 1 aliphatic rings. The number of aromatic nitrogens is 2. The molecule has 1 aromatic carbocycles. The molecule has 0 atom stereocenters. The van der Waals surface area contributed by atoms with Crippen LogP contribution < -0.4 is 0 Å². The van der Waals surface area contributed by atoms with E-state index >= 15 is 0 Å². The molecule has 0 bridgehead atoms. The van der Waals surface area contributed by atoms with E-state index in [0.29, 0.717) is 22.6 Å². The molecule has 1 fully saturated rings. The molecule has 0 radical (unpaired) electrons. The lowest BCUT2D eigenvalue weighted by Crippen LogP contribution is -2.16. The third kappa shape index (κ3) is 2.53. The topological polar surface area (TPSA) is 17.8 Å². The van der Waals surface area contributed by atoms with Gasteiger partial charge < -0.3 is 4.57 Å². The molecule has 1 heterocycles. The maximum absolute atomic E-state index is 13.6. The minimum atomic E-state index is -0.424. The van der Waals surface area contributed by atoms with Gasteiger partial charge in [0.15, 0.2) is 0 Å². The maximum Gasteiger partial charge on any atom is 0.144 e. The molecule has 0 aliphatic heterocycles. The number of aryl methyl sites for hydroxylation is 1. The number of fused-ring (bicyclic) bond motifs is 1. The van der Waals surface area contributed by atoms with Gasteiger partial charge in [-0.05, 0) is 25.2 Å². The van der Waals surface area contributed by atoms with E-state index in [4.69, 9.17) is 23.2 Å². The van der Waals surface area contributed by atoms with Gasteiger partial charge >= 0.3 is 0 Å². The molecule has 1 aliphatic carbocycles. The zero-order chi connectivity index (χ0) is 14.3. The van der Waals surface area contributed by atoms with Gasteiger partial charge in [-0.2, -0.15) is 11.8 Å². The summed E-state index contributed by atoms with van der Waals surface area (Å²) in [5, 5.41) is 0.144. The highest BCUT2D eigenvalue weighted by Crippen LogP contribution is 2.49. The van der Waals surface area contributed by atoms with Crippen LogP contribution in [0.5, 0.6) is 0 Å². The second-order valence-corrected chi connectivity index (χ2v) is 7.25.